The molecule has 0 atom stereocenters. The van der Waals surface area contributed by atoms with Gasteiger partial charge in [-0.15, -0.1) is 0 Å². The third-order valence-corrected chi connectivity index (χ3v) is 3.78. The molecule has 3 rings (SSSR count). The number of aromatic nitrogens is 1. The Bertz CT molecular complexity index is 788. The summed E-state index contributed by atoms with van der Waals surface area (Å²) in [5.74, 6) is -0.485. The van der Waals surface area contributed by atoms with Crippen molar-refractivity contribution >= 4 is 32.4 Å². The largest absolute Gasteiger partial charge is 0.494 e. The summed E-state index contributed by atoms with van der Waals surface area (Å²) in [6, 6.07) is 8.97. The van der Waals surface area contributed by atoms with Crippen LogP contribution in [0.2, 0.25) is 0 Å². The van der Waals surface area contributed by atoms with E-state index in [0.717, 1.165) is 22.0 Å². The fraction of sp³-hybridized carbons (Fsp3) is 0.133. The number of nitrogens with one attached hydrogen (secondary N) is 1. The Morgan fingerprint density at radius 2 is 2.05 bits per heavy atom. The van der Waals surface area contributed by atoms with Gasteiger partial charge in [-0.25, -0.2) is 13.8 Å². The number of thiazole rings is 1. The fourth-order valence-electron chi connectivity index (χ4n) is 1.92. The van der Waals surface area contributed by atoms with Gasteiger partial charge in [-0.3, -0.25) is 0 Å². The first kappa shape index (κ1) is 13.8. The highest BCUT2D eigenvalue weighted by atomic mass is 32.1. The van der Waals surface area contributed by atoms with Gasteiger partial charge in [-0.1, -0.05) is 11.3 Å². The zero-order valence-corrected chi connectivity index (χ0v) is 12.0. The summed E-state index contributed by atoms with van der Waals surface area (Å²) < 4.78 is 32.9. The van der Waals surface area contributed by atoms with E-state index in [4.69, 9.17) is 4.74 Å². The standard InChI is InChI=1S/C15H12F2N2OS/c1-2-20-10-4-6-13-14(8-10)21-15(19-13)18-12-5-3-9(16)7-11(12)17/h3-8H,2H2,1H3,(H,18,19). The molecule has 0 amide bonds. The van der Waals surface area contributed by atoms with Crippen LogP contribution in [0.5, 0.6) is 5.75 Å². The number of ether oxygens (including phenoxy) is 1. The van der Waals surface area contributed by atoms with Gasteiger partial charge in [0.2, 0.25) is 0 Å². The predicted octanol–water partition coefficient (Wildman–Crippen LogP) is 4.72. The zero-order valence-electron chi connectivity index (χ0n) is 11.2. The van der Waals surface area contributed by atoms with E-state index in [2.05, 4.69) is 10.3 Å². The van der Waals surface area contributed by atoms with Crippen LogP contribution in [0, 0.1) is 11.6 Å². The molecule has 0 bridgehead atoms. The van der Waals surface area contributed by atoms with Crippen molar-refractivity contribution in [2.75, 3.05) is 11.9 Å². The topological polar surface area (TPSA) is 34.1 Å². The van der Waals surface area contributed by atoms with E-state index in [1.165, 1.54) is 23.5 Å². The Morgan fingerprint density at radius 1 is 1.19 bits per heavy atom. The SMILES string of the molecule is CCOc1ccc2nc(Nc3ccc(F)cc3F)sc2c1. The Balaban J connectivity index is 1.90. The van der Waals surface area contributed by atoms with Crippen LogP contribution >= 0.6 is 11.3 Å². The molecule has 1 heterocycles. The van der Waals surface area contributed by atoms with Crippen LogP contribution in [0.25, 0.3) is 10.2 Å². The van der Waals surface area contributed by atoms with E-state index in [0.29, 0.717) is 11.7 Å². The number of hydrogen-bond donors (Lipinski definition) is 1. The predicted molar refractivity (Wildman–Crippen MR) is 80.4 cm³/mol. The average molecular weight is 306 g/mol. The summed E-state index contributed by atoms with van der Waals surface area (Å²) in [6.45, 7) is 2.51. The molecule has 1 N–H and O–H groups in total. The van der Waals surface area contributed by atoms with Crippen LogP contribution in [0.1, 0.15) is 6.92 Å². The molecule has 0 fully saturated rings. The molecule has 3 nitrogen and oxygen atoms in total. The van der Waals surface area contributed by atoms with Crippen molar-refractivity contribution in [3.8, 4) is 5.75 Å². The highest BCUT2D eigenvalue weighted by molar-refractivity contribution is 7.22. The lowest BCUT2D eigenvalue weighted by molar-refractivity contribution is 0.341. The number of benzene rings is 2. The van der Waals surface area contributed by atoms with Gasteiger partial charge in [0.25, 0.3) is 0 Å². The number of halogens is 2. The van der Waals surface area contributed by atoms with Crippen molar-refractivity contribution in [1.29, 1.82) is 0 Å². The van der Waals surface area contributed by atoms with Gasteiger partial charge in [0.15, 0.2) is 5.13 Å². The summed E-state index contributed by atoms with van der Waals surface area (Å²) in [5.41, 5.74) is 0.994. The van der Waals surface area contributed by atoms with Gasteiger partial charge in [0.1, 0.15) is 17.4 Å². The van der Waals surface area contributed by atoms with Crippen molar-refractivity contribution in [2.45, 2.75) is 6.92 Å². The lowest BCUT2D eigenvalue weighted by Crippen LogP contribution is -1.93. The molecule has 0 saturated carbocycles. The Kier molecular flexibility index (Phi) is 3.70. The lowest BCUT2D eigenvalue weighted by Gasteiger charge is -2.03. The second kappa shape index (κ2) is 5.65. The first-order valence-electron chi connectivity index (χ1n) is 6.41. The van der Waals surface area contributed by atoms with Gasteiger partial charge >= 0.3 is 0 Å². The molecule has 2 aromatic carbocycles. The number of hydrogen-bond acceptors (Lipinski definition) is 4. The molecule has 108 valence electrons. The molecule has 0 aliphatic rings. The summed E-state index contributed by atoms with van der Waals surface area (Å²) in [7, 11) is 0. The van der Waals surface area contributed by atoms with Gasteiger partial charge in [-0.05, 0) is 37.3 Å². The minimum Gasteiger partial charge on any atom is -0.494 e. The van der Waals surface area contributed by atoms with E-state index in [1.807, 2.05) is 25.1 Å². The lowest BCUT2D eigenvalue weighted by atomic mass is 10.3. The van der Waals surface area contributed by atoms with Crippen molar-refractivity contribution in [3.63, 3.8) is 0 Å². The first-order valence-corrected chi connectivity index (χ1v) is 7.23. The van der Waals surface area contributed by atoms with Gasteiger partial charge in [0.05, 0.1) is 22.5 Å². The first-order chi connectivity index (χ1) is 10.2. The average Bonchev–Trinajstić information content (AvgIpc) is 2.84. The van der Waals surface area contributed by atoms with E-state index >= 15 is 0 Å². The number of fused-ring (bicyclic) bond motifs is 1. The maximum absolute atomic E-state index is 13.6. The van der Waals surface area contributed by atoms with Gasteiger partial charge in [-0.2, -0.15) is 0 Å². The molecule has 0 spiro atoms. The normalized spacial score (nSPS) is 10.8. The Hall–Kier alpha value is -2.21. The van der Waals surface area contributed by atoms with Gasteiger partial charge < -0.3 is 10.1 Å². The van der Waals surface area contributed by atoms with Crippen LogP contribution in [-0.4, -0.2) is 11.6 Å². The second-order valence-corrected chi connectivity index (χ2v) is 5.36. The highest BCUT2D eigenvalue weighted by Gasteiger charge is 2.08. The molecular formula is C15H12F2N2OS. The molecule has 3 aromatic rings. The van der Waals surface area contributed by atoms with E-state index in [-0.39, 0.29) is 5.69 Å². The van der Waals surface area contributed by atoms with Crippen molar-refractivity contribution in [3.05, 3.63) is 48.0 Å². The minimum absolute atomic E-state index is 0.195. The third kappa shape index (κ3) is 2.95. The molecule has 0 aliphatic carbocycles. The maximum atomic E-state index is 13.6. The maximum Gasteiger partial charge on any atom is 0.188 e. The molecule has 21 heavy (non-hydrogen) atoms. The summed E-state index contributed by atoms with van der Waals surface area (Å²) in [4.78, 5) is 4.36. The fourth-order valence-corrected chi connectivity index (χ4v) is 2.83. The molecule has 0 radical (unpaired) electrons. The monoisotopic (exact) mass is 306 g/mol. The number of anilines is 2. The summed E-state index contributed by atoms with van der Waals surface area (Å²) in [6.07, 6.45) is 0. The minimum atomic E-state index is -0.649. The smallest absolute Gasteiger partial charge is 0.188 e. The Morgan fingerprint density at radius 3 is 2.81 bits per heavy atom. The zero-order chi connectivity index (χ0) is 14.8. The highest BCUT2D eigenvalue weighted by Crippen LogP contribution is 2.31. The van der Waals surface area contributed by atoms with Crippen LogP contribution < -0.4 is 10.1 Å². The van der Waals surface area contributed by atoms with Crippen LogP contribution in [0.3, 0.4) is 0 Å². The van der Waals surface area contributed by atoms with Crippen molar-refractivity contribution in [1.82, 2.24) is 4.98 Å². The summed E-state index contributed by atoms with van der Waals surface area (Å²) in [5, 5.41) is 3.41. The second-order valence-electron chi connectivity index (χ2n) is 4.33. The third-order valence-electron chi connectivity index (χ3n) is 2.84. The molecule has 0 unspecified atom stereocenters. The molecule has 1 aromatic heterocycles. The number of rotatable bonds is 4. The summed E-state index contributed by atoms with van der Waals surface area (Å²) >= 11 is 1.38. The van der Waals surface area contributed by atoms with Gasteiger partial charge in [0, 0.05) is 6.07 Å². The molecule has 6 heteroatoms. The molecule has 0 saturated heterocycles. The Labute approximate surface area is 124 Å². The van der Waals surface area contributed by atoms with E-state index in [9.17, 15) is 8.78 Å². The quantitative estimate of drug-likeness (QED) is 0.757. The number of nitrogens with zero attached hydrogens (tertiary/aromatic N) is 1. The molecular weight excluding hydrogens is 294 g/mol. The van der Waals surface area contributed by atoms with E-state index < -0.39 is 11.6 Å². The van der Waals surface area contributed by atoms with Crippen molar-refractivity contribution in [2.24, 2.45) is 0 Å². The van der Waals surface area contributed by atoms with Crippen LogP contribution in [-0.2, 0) is 0 Å². The van der Waals surface area contributed by atoms with E-state index in [1.54, 1.807) is 0 Å². The molecule has 0 aliphatic heterocycles. The van der Waals surface area contributed by atoms with Crippen LogP contribution in [0.15, 0.2) is 36.4 Å². The van der Waals surface area contributed by atoms with Crippen molar-refractivity contribution < 1.29 is 13.5 Å². The van der Waals surface area contributed by atoms with Crippen LogP contribution in [0.4, 0.5) is 19.6 Å².